The van der Waals surface area contributed by atoms with Gasteiger partial charge in [0, 0.05) is 12.0 Å². The highest BCUT2D eigenvalue weighted by Gasteiger charge is 2.23. The van der Waals surface area contributed by atoms with Crippen LogP contribution in [0.4, 0.5) is 0 Å². The van der Waals surface area contributed by atoms with Crippen molar-refractivity contribution < 1.29 is 12.8 Å². The summed E-state index contributed by atoms with van der Waals surface area (Å²) >= 11 is 1.21. The molecule has 1 aliphatic rings. The van der Waals surface area contributed by atoms with Crippen molar-refractivity contribution in [1.29, 1.82) is 0 Å². The van der Waals surface area contributed by atoms with Crippen LogP contribution in [-0.2, 0) is 10.0 Å². The van der Waals surface area contributed by atoms with Gasteiger partial charge in [-0.2, -0.15) is 0 Å². The number of rotatable bonds is 5. The minimum Gasteiger partial charge on any atom is -0.440 e. The normalized spacial score (nSPS) is 16.7. The highest BCUT2D eigenvalue weighted by atomic mass is 32.2. The second-order valence-corrected chi connectivity index (χ2v) is 8.96. The Hall–Kier alpha value is -1.18. The van der Waals surface area contributed by atoms with E-state index in [4.69, 9.17) is 4.42 Å². The molecule has 5 nitrogen and oxygen atoms in total. The summed E-state index contributed by atoms with van der Waals surface area (Å²) in [6.07, 6.45) is 6.41. The Kier molecular flexibility index (Phi) is 4.38. The van der Waals surface area contributed by atoms with Gasteiger partial charge >= 0.3 is 0 Å². The van der Waals surface area contributed by atoms with Gasteiger partial charge in [-0.25, -0.2) is 18.1 Å². The minimum atomic E-state index is -3.45. The van der Waals surface area contributed by atoms with Crippen molar-refractivity contribution in [1.82, 2.24) is 9.71 Å². The van der Waals surface area contributed by atoms with E-state index in [1.54, 1.807) is 32.2 Å². The third-order valence-electron chi connectivity index (χ3n) is 3.71. The van der Waals surface area contributed by atoms with Gasteiger partial charge in [0.15, 0.2) is 11.7 Å². The van der Waals surface area contributed by atoms with E-state index in [-0.39, 0.29) is 6.04 Å². The van der Waals surface area contributed by atoms with Crippen LogP contribution in [0.25, 0.3) is 10.6 Å². The number of nitrogens with zero attached hydrogens (tertiary/aromatic N) is 1. The van der Waals surface area contributed by atoms with Gasteiger partial charge in [0.05, 0.1) is 11.1 Å². The Labute approximate surface area is 134 Å². The Morgan fingerprint density at radius 2 is 2.05 bits per heavy atom. The van der Waals surface area contributed by atoms with Gasteiger partial charge in [0.25, 0.3) is 0 Å². The van der Waals surface area contributed by atoms with E-state index in [1.165, 1.54) is 24.2 Å². The Bertz CT molecular complexity index is 740. The van der Waals surface area contributed by atoms with Crippen LogP contribution in [0.15, 0.2) is 27.0 Å². The van der Waals surface area contributed by atoms with Crippen molar-refractivity contribution in [3.8, 4) is 10.6 Å². The van der Waals surface area contributed by atoms with Crippen LogP contribution in [0.5, 0.6) is 0 Å². The maximum absolute atomic E-state index is 12.2. The van der Waals surface area contributed by atoms with Gasteiger partial charge in [-0.1, -0.05) is 12.8 Å². The van der Waals surface area contributed by atoms with Gasteiger partial charge in [-0.15, -0.1) is 11.3 Å². The summed E-state index contributed by atoms with van der Waals surface area (Å²) in [5.41, 5.74) is 0. The van der Waals surface area contributed by atoms with Gasteiger partial charge < -0.3 is 4.42 Å². The average molecular weight is 340 g/mol. The zero-order valence-electron chi connectivity index (χ0n) is 12.7. The molecule has 7 heteroatoms. The fourth-order valence-electron chi connectivity index (χ4n) is 2.73. The van der Waals surface area contributed by atoms with E-state index >= 15 is 0 Å². The molecule has 0 aliphatic heterocycles. The number of aromatic nitrogens is 1. The fourth-order valence-corrected chi connectivity index (χ4v) is 5.25. The molecule has 0 atom stereocenters. The molecule has 0 spiro atoms. The first-order valence-electron chi connectivity index (χ1n) is 7.54. The molecule has 0 unspecified atom stereocenters. The van der Waals surface area contributed by atoms with E-state index in [1.807, 2.05) is 0 Å². The summed E-state index contributed by atoms with van der Waals surface area (Å²) in [5, 5.41) is 0. The molecule has 1 fully saturated rings. The van der Waals surface area contributed by atoms with Crippen LogP contribution in [0.3, 0.4) is 0 Å². The summed E-state index contributed by atoms with van der Waals surface area (Å²) in [7, 11) is -3.45. The lowest BCUT2D eigenvalue weighted by Gasteiger charge is -2.06. The first-order valence-corrected chi connectivity index (χ1v) is 9.84. The quantitative estimate of drug-likeness (QED) is 0.900. The van der Waals surface area contributed by atoms with Crippen LogP contribution < -0.4 is 4.72 Å². The first-order chi connectivity index (χ1) is 10.5. The molecule has 22 heavy (non-hydrogen) atoms. The monoisotopic (exact) mass is 340 g/mol. The van der Waals surface area contributed by atoms with Crippen molar-refractivity contribution in [2.45, 2.75) is 55.7 Å². The van der Waals surface area contributed by atoms with Gasteiger partial charge in [-0.05, 0) is 38.8 Å². The second-order valence-electron chi connectivity index (χ2n) is 5.94. The molecule has 0 aromatic carbocycles. The Balaban J connectivity index is 1.82. The van der Waals surface area contributed by atoms with Crippen molar-refractivity contribution in [3.63, 3.8) is 0 Å². The number of thiophene rings is 1. The van der Waals surface area contributed by atoms with Crippen LogP contribution in [0, 0.1) is 0 Å². The highest BCUT2D eigenvalue weighted by Crippen LogP contribution is 2.37. The predicted octanol–water partition coefficient (Wildman–Crippen LogP) is 3.75. The van der Waals surface area contributed by atoms with Crippen molar-refractivity contribution in [2.75, 3.05) is 0 Å². The zero-order valence-corrected chi connectivity index (χ0v) is 14.3. The third kappa shape index (κ3) is 3.26. The maximum atomic E-state index is 12.2. The molecule has 0 bridgehead atoms. The lowest BCUT2D eigenvalue weighted by Crippen LogP contribution is -2.29. The summed E-state index contributed by atoms with van der Waals surface area (Å²) < 4.78 is 33.0. The minimum absolute atomic E-state index is 0.130. The largest absolute Gasteiger partial charge is 0.440 e. The molecule has 1 aliphatic carbocycles. The molecule has 0 radical (unpaired) electrons. The second kappa shape index (κ2) is 6.14. The first kappa shape index (κ1) is 15.7. The summed E-state index contributed by atoms with van der Waals surface area (Å²) in [4.78, 5) is 5.16. The number of nitrogens with one attached hydrogen (secondary N) is 1. The van der Waals surface area contributed by atoms with Crippen LogP contribution >= 0.6 is 11.3 Å². The van der Waals surface area contributed by atoms with Crippen molar-refractivity contribution in [3.05, 3.63) is 24.2 Å². The molecule has 2 heterocycles. The standard InChI is InChI=1S/C15H20N2O3S2/c1-10(2)17-22(18,19)14-8-7-13(21-14)12-9-16-15(20-12)11-5-3-4-6-11/h7-11,17H,3-6H2,1-2H3. The topological polar surface area (TPSA) is 72.2 Å². The molecule has 120 valence electrons. The number of oxazole rings is 1. The number of hydrogen-bond donors (Lipinski definition) is 1. The molecule has 2 aromatic rings. The summed E-state index contributed by atoms with van der Waals surface area (Å²) in [6, 6.07) is 3.26. The van der Waals surface area contributed by atoms with E-state index < -0.39 is 10.0 Å². The van der Waals surface area contributed by atoms with Gasteiger partial charge in [0.2, 0.25) is 10.0 Å². The predicted molar refractivity (Wildman–Crippen MR) is 86.5 cm³/mol. The molecule has 3 rings (SSSR count). The van der Waals surface area contributed by atoms with Crippen LogP contribution in [-0.4, -0.2) is 19.4 Å². The fraction of sp³-hybridized carbons (Fsp3) is 0.533. The Morgan fingerprint density at radius 1 is 1.32 bits per heavy atom. The molecular formula is C15H20N2O3S2. The highest BCUT2D eigenvalue weighted by molar-refractivity contribution is 7.91. The molecule has 1 saturated carbocycles. The van der Waals surface area contributed by atoms with Gasteiger partial charge in [-0.3, -0.25) is 0 Å². The van der Waals surface area contributed by atoms with E-state index in [2.05, 4.69) is 9.71 Å². The van der Waals surface area contributed by atoms with E-state index in [9.17, 15) is 8.42 Å². The molecular weight excluding hydrogens is 320 g/mol. The summed E-state index contributed by atoms with van der Waals surface area (Å²) in [5.74, 6) is 1.85. The smallest absolute Gasteiger partial charge is 0.250 e. The molecule has 0 amide bonds. The molecule has 1 N–H and O–H groups in total. The van der Waals surface area contributed by atoms with Crippen LogP contribution in [0.1, 0.15) is 51.3 Å². The summed E-state index contributed by atoms with van der Waals surface area (Å²) in [6.45, 7) is 3.60. The van der Waals surface area contributed by atoms with E-state index in [0.717, 1.165) is 23.6 Å². The van der Waals surface area contributed by atoms with Gasteiger partial charge in [0.1, 0.15) is 4.21 Å². The third-order valence-corrected chi connectivity index (χ3v) is 6.96. The Morgan fingerprint density at radius 3 is 2.73 bits per heavy atom. The average Bonchev–Trinajstić information content (AvgIpc) is 3.18. The van der Waals surface area contributed by atoms with E-state index in [0.29, 0.717) is 15.9 Å². The number of sulfonamides is 1. The lowest BCUT2D eigenvalue weighted by atomic mass is 10.1. The molecule has 0 saturated heterocycles. The SMILES string of the molecule is CC(C)NS(=O)(=O)c1ccc(-c2cnc(C3CCCC3)o2)s1. The molecule has 2 aromatic heterocycles. The zero-order chi connectivity index (χ0) is 15.7. The lowest BCUT2D eigenvalue weighted by molar-refractivity contribution is 0.458. The number of hydrogen-bond acceptors (Lipinski definition) is 5. The van der Waals surface area contributed by atoms with Crippen molar-refractivity contribution >= 4 is 21.4 Å². The van der Waals surface area contributed by atoms with Crippen molar-refractivity contribution in [2.24, 2.45) is 0 Å². The van der Waals surface area contributed by atoms with Crippen LogP contribution in [0.2, 0.25) is 0 Å². The maximum Gasteiger partial charge on any atom is 0.250 e.